The van der Waals surface area contributed by atoms with Gasteiger partial charge in [-0.25, -0.2) is 0 Å². The molecule has 1 fully saturated rings. The smallest absolute Gasteiger partial charge is 0.326 e. The average molecular weight is 322 g/mol. The first-order chi connectivity index (χ1) is 9.00. The number of benzene rings is 1. The van der Waals surface area contributed by atoms with E-state index in [-0.39, 0.29) is 0 Å². The topological polar surface area (TPSA) is 37.3 Å². The van der Waals surface area contributed by atoms with Crippen LogP contribution in [0.5, 0.6) is 0 Å². The zero-order valence-electron chi connectivity index (χ0n) is 10.3. The molecule has 1 atom stereocenters. The Kier molecular flexibility index (Phi) is 4.99. The fourth-order valence-electron chi connectivity index (χ4n) is 2.67. The highest BCUT2D eigenvalue weighted by molar-refractivity contribution is 6.37. The molecule has 0 radical (unpaired) electrons. The van der Waals surface area contributed by atoms with Crippen molar-refractivity contribution in [2.24, 2.45) is 0 Å². The van der Waals surface area contributed by atoms with Crippen molar-refractivity contribution in [1.29, 1.82) is 0 Å². The molecule has 0 saturated heterocycles. The molecule has 0 bridgehead atoms. The van der Waals surface area contributed by atoms with Crippen molar-refractivity contribution in [2.75, 3.05) is 0 Å². The van der Waals surface area contributed by atoms with Gasteiger partial charge in [-0.1, -0.05) is 42.5 Å². The van der Waals surface area contributed by atoms with Gasteiger partial charge in [-0.2, -0.15) is 0 Å². The Balaban J connectivity index is 2.34. The number of alkyl halides is 1. The minimum atomic E-state index is -1.12. The van der Waals surface area contributed by atoms with Crippen LogP contribution in [-0.4, -0.2) is 11.1 Å². The van der Waals surface area contributed by atoms with Gasteiger partial charge in [-0.15, -0.1) is 11.6 Å². The van der Waals surface area contributed by atoms with Crippen LogP contribution in [0.1, 0.15) is 54.5 Å². The number of hydrogen-bond donors (Lipinski definition) is 1. The number of hydrogen-bond acceptors (Lipinski definition) is 1. The highest BCUT2D eigenvalue weighted by atomic mass is 35.5. The number of halogens is 3. The maximum Gasteiger partial charge on any atom is 0.326 e. The van der Waals surface area contributed by atoms with Gasteiger partial charge in [0.1, 0.15) is 0 Å². The molecule has 104 valence electrons. The summed E-state index contributed by atoms with van der Waals surface area (Å²) in [5.74, 6) is -0.722. The first kappa shape index (κ1) is 15.0. The van der Waals surface area contributed by atoms with E-state index in [9.17, 15) is 4.79 Å². The molecule has 0 spiro atoms. The van der Waals surface area contributed by atoms with E-state index in [2.05, 4.69) is 0 Å². The third kappa shape index (κ3) is 3.36. The van der Waals surface area contributed by atoms with Gasteiger partial charge in [0, 0.05) is 10.0 Å². The van der Waals surface area contributed by atoms with Crippen molar-refractivity contribution >= 4 is 40.8 Å². The summed E-state index contributed by atoms with van der Waals surface area (Å²) in [6, 6.07) is 3.26. The highest BCUT2D eigenvalue weighted by Gasteiger charge is 2.24. The SMILES string of the molecule is O=C(O)C(Cl)c1cc(Cl)c(C2CCCCC2)c(Cl)c1. The van der Waals surface area contributed by atoms with Crippen LogP contribution < -0.4 is 0 Å². The largest absolute Gasteiger partial charge is 0.480 e. The first-order valence-corrected chi connectivity index (χ1v) is 7.55. The molecule has 0 aliphatic heterocycles. The number of carboxylic acids is 1. The summed E-state index contributed by atoms with van der Waals surface area (Å²) in [7, 11) is 0. The summed E-state index contributed by atoms with van der Waals surface area (Å²) in [5.41, 5.74) is 1.38. The Morgan fingerprint density at radius 1 is 1.16 bits per heavy atom. The molecular weight excluding hydrogens is 307 g/mol. The van der Waals surface area contributed by atoms with E-state index in [0.29, 0.717) is 21.5 Å². The van der Waals surface area contributed by atoms with Gasteiger partial charge in [0.05, 0.1) is 0 Å². The van der Waals surface area contributed by atoms with Gasteiger partial charge in [0.25, 0.3) is 0 Å². The number of aliphatic carboxylic acids is 1. The third-order valence-corrected chi connectivity index (χ3v) is 4.69. The van der Waals surface area contributed by atoms with Crippen LogP contribution in [0, 0.1) is 0 Å². The standard InChI is InChI=1S/C14H15Cl3O2/c15-10-6-9(13(17)14(18)19)7-11(16)12(10)8-4-2-1-3-5-8/h6-8,13H,1-5H2,(H,18,19). The molecule has 1 N–H and O–H groups in total. The third-order valence-electron chi connectivity index (χ3n) is 3.62. The van der Waals surface area contributed by atoms with E-state index in [1.165, 1.54) is 19.3 Å². The number of carboxylic acid groups (broad SMARTS) is 1. The Hall–Kier alpha value is -0.440. The monoisotopic (exact) mass is 320 g/mol. The lowest BCUT2D eigenvalue weighted by atomic mass is 9.83. The van der Waals surface area contributed by atoms with E-state index in [1.807, 2.05) is 0 Å². The van der Waals surface area contributed by atoms with Gasteiger partial charge in [0.15, 0.2) is 5.38 Å². The molecule has 0 amide bonds. The van der Waals surface area contributed by atoms with Crippen LogP contribution in [0.3, 0.4) is 0 Å². The molecule has 1 aromatic rings. The van der Waals surface area contributed by atoms with Crippen LogP contribution in [0.2, 0.25) is 10.0 Å². The van der Waals surface area contributed by atoms with E-state index >= 15 is 0 Å². The number of carbonyl (C=O) groups is 1. The second-order valence-corrected chi connectivity index (χ2v) is 6.18. The summed E-state index contributed by atoms with van der Waals surface area (Å²) in [5, 5.41) is 8.86. The van der Waals surface area contributed by atoms with Crippen molar-refractivity contribution in [3.8, 4) is 0 Å². The second-order valence-electron chi connectivity index (χ2n) is 4.93. The quantitative estimate of drug-likeness (QED) is 0.756. The van der Waals surface area contributed by atoms with E-state index in [4.69, 9.17) is 39.9 Å². The lowest BCUT2D eigenvalue weighted by Crippen LogP contribution is -2.08. The molecule has 1 aromatic carbocycles. The van der Waals surface area contributed by atoms with Crippen molar-refractivity contribution < 1.29 is 9.90 Å². The molecule has 1 saturated carbocycles. The zero-order valence-corrected chi connectivity index (χ0v) is 12.6. The van der Waals surface area contributed by atoms with Crippen molar-refractivity contribution in [1.82, 2.24) is 0 Å². The average Bonchev–Trinajstić information content (AvgIpc) is 2.38. The van der Waals surface area contributed by atoms with Crippen LogP contribution in [-0.2, 0) is 4.79 Å². The maximum absolute atomic E-state index is 10.9. The maximum atomic E-state index is 10.9. The van der Waals surface area contributed by atoms with E-state index in [0.717, 1.165) is 18.4 Å². The predicted molar refractivity (Wildman–Crippen MR) is 78.5 cm³/mol. The van der Waals surface area contributed by atoms with Crippen LogP contribution in [0.4, 0.5) is 0 Å². The minimum Gasteiger partial charge on any atom is -0.480 e. The van der Waals surface area contributed by atoms with E-state index < -0.39 is 11.3 Å². The molecule has 19 heavy (non-hydrogen) atoms. The van der Waals surface area contributed by atoms with Gasteiger partial charge in [-0.3, -0.25) is 4.79 Å². The van der Waals surface area contributed by atoms with Crippen LogP contribution in [0.15, 0.2) is 12.1 Å². The Morgan fingerprint density at radius 3 is 2.16 bits per heavy atom. The summed E-state index contributed by atoms with van der Waals surface area (Å²) >= 11 is 18.4. The van der Waals surface area contributed by atoms with Crippen molar-refractivity contribution in [3.63, 3.8) is 0 Å². The summed E-state index contributed by atoms with van der Waals surface area (Å²) < 4.78 is 0. The van der Waals surface area contributed by atoms with Gasteiger partial charge in [-0.05, 0) is 42.0 Å². The van der Waals surface area contributed by atoms with Gasteiger partial charge >= 0.3 is 5.97 Å². The molecular formula is C14H15Cl3O2. The molecule has 2 nitrogen and oxygen atoms in total. The number of rotatable bonds is 3. The Morgan fingerprint density at radius 2 is 1.68 bits per heavy atom. The van der Waals surface area contributed by atoms with E-state index in [1.54, 1.807) is 12.1 Å². The zero-order chi connectivity index (χ0) is 14.0. The lowest BCUT2D eigenvalue weighted by Gasteiger charge is -2.24. The summed E-state index contributed by atoms with van der Waals surface area (Å²) in [6.45, 7) is 0. The second kappa shape index (κ2) is 6.34. The lowest BCUT2D eigenvalue weighted by molar-refractivity contribution is -0.136. The molecule has 0 heterocycles. The normalized spacial score (nSPS) is 18.3. The summed E-state index contributed by atoms with van der Waals surface area (Å²) in [6.07, 6.45) is 5.80. The molecule has 1 unspecified atom stereocenters. The van der Waals surface area contributed by atoms with Crippen LogP contribution in [0.25, 0.3) is 0 Å². The molecule has 2 rings (SSSR count). The Labute approximate surface area is 127 Å². The molecule has 1 aliphatic carbocycles. The highest BCUT2D eigenvalue weighted by Crippen LogP contribution is 2.41. The minimum absolute atomic E-state index is 0.376. The van der Waals surface area contributed by atoms with Gasteiger partial charge < -0.3 is 5.11 Å². The van der Waals surface area contributed by atoms with Crippen molar-refractivity contribution in [3.05, 3.63) is 33.3 Å². The fourth-order valence-corrected chi connectivity index (χ4v) is 3.61. The predicted octanol–water partition coefficient (Wildman–Crippen LogP) is 5.41. The Bertz CT molecular complexity index is 459. The molecule has 0 aromatic heterocycles. The summed E-state index contributed by atoms with van der Waals surface area (Å²) in [4.78, 5) is 10.9. The molecule has 5 heteroatoms. The fraction of sp³-hybridized carbons (Fsp3) is 0.500. The molecule has 1 aliphatic rings. The van der Waals surface area contributed by atoms with Crippen LogP contribution >= 0.6 is 34.8 Å². The van der Waals surface area contributed by atoms with Gasteiger partial charge in [0.2, 0.25) is 0 Å². The first-order valence-electron chi connectivity index (χ1n) is 6.36. The van der Waals surface area contributed by atoms with Crippen molar-refractivity contribution in [2.45, 2.75) is 43.4 Å².